The van der Waals surface area contributed by atoms with Crippen molar-refractivity contribution in [2.24, 2.45) is 0 Å². The van der Waals surface area contributed by atoms with Gasteiger partial charge in [0.1, 0.15) is 12.8 Å². The van der Waals surface area contributed by atoms with Crippen molar-refractivity contribution in [3.05, 3.63) is 12.0 Å². The van der Waals surface area contributed by atoms with Gasteiger partial charge in [-0.15, -0.1) is 0 Å². The fourth-order valence-corrected chi connectivity index (χ4v) is 0.709. The first-order valence-electron chi connectivity index (χ1n) is 3.76. The van der Waals surface area contributed by atoms with Crippen LogP contribution in [0.1, 0.15) is 5.69 Å². The molecule has 7 nitrogen and oxygen atoms in total. The van der Waals surface area contributed by atoms with Gasteiger partial charge in [-0.1, -0.05) is 0 Å². The third-order valence-corrected chi connectivity index (χ3v) is 1.24. The first-order chi connectivity index (χ1) is 6.58. The molecule has 0 unspecified atom stereocenters. The van der Waals surface area contributed by atoms with Crippen molar-refractivity contribution in [2.45, 2.75) is 6.92 Å². The number of carbonyl (C=O) groups is 2. The molecule has 1 heterocycles. The minimum absolute atomic E-state index is 0.0328. The minimum atomic E-state index is -1.12. The number of aryl methyl sites for hydroxylation is 1. The summed E-state index contributed by atoms with van der Waals surface area (Å²) >= 11 is 0. The summed E-state index contributed by atoms with van der Waals surface area (Å²) < 4.78 is 4.81. The number of carboxylic acid groups (broad SMARTS) is 1. The summed E-state index contributed by atoms with van der Waals surface area (Å²) in [5.41, 5.74) is 0.624. The Hall–Kier alpha value is -2.05. The molecule has 1 aromatic heterocycles. The van der Waals surface area contributed by atoms with E-state index < -0.39 is 18.5 Å². The molecule has 0 bridgehead atoms. The number of rotatable bonds is 3. The quantitative estimate of drug-likeness (QED) is 0.644. The molecule has 0 atom stereocenters. The van der Waals surface area contributed by atoms with Gasteiger partial charge in [0.25, 0.3) is 0 Å². The fourth-order valence-electron chi connectivity index (χ4n) is 0.709. The molecule has 76 valence electrons. The number of carbonyl (C=O) groups excluding carboxylic acids is 1. The molecular formula is C7H9N3O4. The number of anilines is 1. The Morgan fingerprint density at radius 1 is 1.64 bits per heavy atom. The Morgan fingerprint density at radius 2 is 2.36 bits per heavy atom. The van der Waals surface area contributed by atoms with E-state index in [9.17, 15) is 9.59 Å². The van der Waals surface area contributed by atoms with Gasteiger partial charge < -0.3 is 14.8 Å². The van der Waals surface area contributed by atoms with Crippen molar-refractivity contribution in [3.8, 4) is 0 Å². The summed E-state index contributed by atoms with van der Waals surface area (Å²) in [6.45, 7) is 1.25. The Morgan fingerprint density at radius 3 is 2.86 bits per heavy atom. The Labute approximate surface area is 79.1 Å². The van der Waals surface area contributed by atoms with Crippen molar-refractivity contribution >= 4 is 18.0 Å². The van der Waals surface area contributed by atoms with Gasteiger partial charge >= 0.3 is 18.0 Å². The average molecular weight is 199 g/mol. The molecule has 1 aromatic rings. The molecule has 0 saturated heterocycles. The number of hydrogen-bond donors (Lipinski definition) is 3. The van der Waals surface area contributed by atoms with Gasteiger partial charge in [0.05, 0.1) is 5.69 Å². The first kappa shape index (κ1) is 10.0. The predicted octanol–water partition coefficient (Wildman–Crippen LogP) is 0.189. The monoisotopic (exact) mass is 199 g/mol. The number of nitrogens with one attached hydrogen (secondary N) is 2. The molecule has 3 N–H and O–H groups in total. The third kappa shape index (κ3) is 3.13. The molecular weight excluding hydrogens is 190 g/mol. The number of aliphatic carboxylic acids is 1. The Kier molecular flexibility index (Phi) is 3.05. The van der Waals surface area contributed by atoms with Crippen LogP contribution in [0.25, 0.3) is 0 Å². The SMILES string of the molecule is Cc1coc(NC(=O)NCC(=O)O)n1. The van der Waals surface area contributed by atoms with Crippen LogP contribution in [0.4, 0.5) is 10.8 Å². The number of hydrogen-bond acceptors (Lipinski definition) is 4. The largest absolute Gasteiger partial charge is 0.480 e. The molecule has 2 amide bonds. The highest BCUT2D eigenvalue weighted by molar-refractivity contribution is 5.89. The molecule has 0 aliphatic heterocycles. The second-order valence-electron chi connectivity index (χ2n) is 2.50. The maximum atomic E-state index is 10.9. The van der Waals surface area contributed by atoms with Gasteiger partial charge in [-0.3, -0.25) is 10.1 Å². The topological polar surface area (TPSA) is 104 Å². The van der Waals surface area contributed by atoms with Crippen molar-refractivity contribution in [1.82, 2.24) is 10.3 Å². The molecule has 1 rings (SSSR count). The van der Waals surface area contributed by atoms with Crippen LogP contribution in [0.5, 0.6) is 0 Å². The lowest BCUT2D eigenvalue weighted by atomic mass is 10.6. The van der Waals surface area contributed by atoms with Crippen molar-refractivity contribution in [1.29, 1.82) is 0 Å². The number of amides is 2. The minimum Gasteiger partial charge on any atom is -0.480 e. The second-order valence-corrected chi connectivity index (χ2v) is 2.50. The van der Waals surface area contributed by atoms with E-state index in [-0.39, 0.29) is 6.01 Å². The maximum Gasteiger partial charge on any atom is 0.323 e. The summed E-state index contributed by atoms with van der Waals surface area (Å²) in [6, 6.07) is -0.639. The van der Waals surface area contributed by atoms with Crippen LogP contribution in [0, 0.1) is 6.92 Å². The molecule has 14 heavy (non-hydrogen) atoms. The lowest BCUT2D eigenvalue weighted by molar-refractivity contribution is -0.135. The highest BCUT2D eigenvalue weighted by Gasteiger charge is 2.06. The summed E-state index contributed by atoms with van der Waals surface area (Å²) in [5, 5.41) is 12.6. The number of oxazole rings is 1. The van der Waals surface area contributed by atoms with E-state index in [1.54, 1.807) is 6.92 Å². The Bertz CT molecular complexity index is 346. The zero-order chi connectivity index (χ0) is 10.6. The molecule has 0 aromatic carbocycles. The van der Waals surface area contributed by atoms with E-state index >= 15 is 0 Å². The van der Waals surface area contributed by atoms with Crippen LogP contribution in [-0.2, 0) is 4.79 Å². The standard InChI is InChI=1S/C7H9N3O4/c1-4-3-14-7(9-4)10-6(13)8-2-5(11)12/h3H,2H2,1H3,(H,11,12)(H2,8,9,10,13). The molecule has 7 heteroatoms. The van der Waals surface area contributed by atoms with Gasteiger partial charge in [0, 0.05) is 0 Å². The summed E-state index contributed by atoms with van der Waals surface area (Å²) in [6.07, 6.45) is 1.37. The molecule has 0 saturated carbocycles. The van der Waals surface area contributed by atoms with E-state index in [1.165, 1.54) is 6.26 Å². The van der Waals surface area contributed by atoms with Gasteiger partial charge in [0.2, 0.25) is 0 Å². The van der Waals surface area contributed by atoms with E-state index in [2.05, 4.69) is 15.6 Å². The smallest absolute Gasteiger partial charge is 0.323 e. The Balaban J connectivity index is 2.37. The molecule has 0 spiro atoms. The zero-order valence-electron chi connectivity index (χ0n) is 7.40. The summed E-state index contributed by atoms with van der Waals surface area (Å²) in [4.78, 5) is 24.8. The number of carboxylic acids is 1. The van der Waals surface area contributed by atoms with Crippen LogP contribution in [0.15, 0.2) is 10.7 Å². The maximum absolute atomic E-state index is 10.9. The van der Waals surface area contributed by atoms with E-state index in [1.807, 2.05) is 0 Å². The van der Waals surface area contributed by atoms with Crippen LogP contribution in [-0.4, -0.2) is 28.6 Å². The normalized spacial score (nSPS) is 9.50. The van der Waals surface area contributed by atoms with E-state index in [0.29, 0.717) is 5.69 Å². The zero-order valence-corrected chi connectivity index (χ0v) is 7.40. The van der Waals surface area contributed by atoms with Crippen LogP contribution in [0.2, 0.25) is 0 Å². The molecule has 0 aliphatic rings. The first-order valence-corrected chi connectivity index (χ1v) is 3.76. The van der Waals surface area contributed by atoms with Gasteiger partial charge in [-0.2, -0.15) is 4.98 Å². The van der Waals surface area contributed by atoms with Gasteiger partial charge in [0.15, 0.2) is 0 Å². The van der Waals surface area contributed by atoms with Crippen molar-refractivity contribution in [2.75, 3.05) is 11.9 Å². The van der Waals surface area contributed by atoms with Gasteiger partial charge in [-0.25, -0.2) is 4.79 Å². The average Bonchev–Trinajstić information content (AvgIpc) is 2.48. The molecule has 0 aliphatic carbocycles. The lowest BCUT2D eigenvalue weighted by Gasteiger charge is -2.00. The number of nitrogens with zero attached hydrogens (tertiary/aromatic N) is 1. The summed E-state index contributed by atoms with van der Waals surface area (Å²) in [5.74, 6) is -1.12. The van der Waals surface area contributed by atoms with Crippen LogP contribution >= 0.6 is 0 Å². The molecule has 0 radical (unpaired) electrons. The highest BCUT2D eigenvalue weighted by Crippen LogP contribution is 2.04. The van der Waals surface area contributed by atoms with Crippen molar-refractivity contribution in [3.63, 3.8) is 0 Å². The van der Waals surface area contributed by atoms with Gasteiger partial charge in [-0.05, 0) is 6.92 Å². The van der Waals surface area contributed by atoms with Crippen molar-refractivity contribution < 1.29 is 19.1 Å². The van der Waals surface area contributed by atoms with Crippen LogP contribution < -0.4 is 10.6 Å². The number of aromatic nitrogens is 1. The lowest BCUT2D eigenvalue weighted by Crippen LogP contribution is -2.33. The van der Waals surface area contributed by atoms with E-state index in [0.717, 1.165) is 0 Å². The fraction of sp³-hybridized carbons (Fsp3) is 0.286. The second kappa shape index (κ2) is 4.26. The third-order valence-electron chi connectivity index (χ3n) is 1.24. The van der Waals surface area contributed by atoms with Crippen LogP contribution in [0.3, 0.4) is 0 Å². The highest BCUT2D eigenvalue weighted by atomic mass is 16.4. The van der Waals surface area contributed by atoms with E-state index in [4.69, 9.17) is 9.52 Å². The predicted molar refractivity (Wildman–Crippen MR) is 45.9 cm³/mol. The number of urea groups is 1. The summed E-state index contributed by atoms with van der Waals surface area (Å²) in [7, 11) is 0. The molecule has 0 fully saturated rings.